The van der Waals surface area contributed by atoms with Gasteiger partial charge in [0, 0.05) is 5.92 Å². The Balaban J connectivity index is 1.65. The Labute approximate surface area is 121 Å². The highest BCUT2D eigenvalue weighted by molar-refractivity contribution is 5.91. The standard InChI is InChI=1S/C17H13NO3/c19-17(20)11-6-7-15-14(8-11)18-16(21-15)13-9-12(13)10-4-2-1-3-5-10/h1-8,12-13H,9H2,(H,19,20). The second-order valence-electron chi connectivity index (χ2n) is 5.40. The molecule has 0 bridgehead atoms. The number of hydrogen-bond donors (Lipinski definition) is 1. The smallest absolute Gasteiger partial charge is 0.335 e. The molecule has 0 spiro atoms. The van der Waals surface area contributed by atoms with Crippen LogP contribution in [0.15, 0.2) is 52.9 Å². The van der Waals surface area contributed by atoms with Crippen molar-refractivity contribution in [1.82, 2.24) is 4.98 Å². The molecule has 0 saturated heterocycles. The first-order valence-electron chi connectivity index (χ1n) is 6.91. The molecule has 4 rings (SSSR count). The van der Waals surface area contributed by atoms with Crippen LogP contribution in [0.1, 0.15) is 40.1 Å². The highest BCUT2D eigenvalue weighted by Crippen LogP contribution is 2.54. The predicted octanol–water partition coefficient (Wildman–Crippen LogP) is 3.80. The van der Waals surface area contributed by atoms with E-state index in [9.17, 15) is 4.79 Å². The lowest BCUT2D eigenvalue weighted by Crippen LogP contribution is -1.94. The van der Waals surface area contributed by atoms with Crippen LogP contribution in [0.4, 0.5) is 0 Å². The number of rotatable bonds is 3. The molecule has 2 atom stereocenters. The summed E-state index contributed by atoms with van der Waals surface area (Å²) in [5.74, 6) is 0.516. The molecule has 0 amide bonds. The lowest BCUT2D eigenvalue weighted by molar-refractivity contribution is 0.0697. The van der Waals surface area contributed by atoms with Crippen molar-refractivity contribution in [3.8, 4) is 0 Å². The van der Waals surface area contributed by atoms with Gasteiger partial charge in [0.1, 0.15) is 5.52 Å². The summed E-state index contributed by atoms with van der Waals surface area (Å²) in [6.07, 6.45) is 1.03. The Bertz CT molecular complexity index is 822. The van der Waals surface area contributed by atoms with Crippen molar-refractivity contribution >= 4 is 17.1 Å². The van der Waals surface area contributed by atoms with Gasteiger partial charge in [-0.25, -0.2) is 9.78 Å². The van der Waals surface area contributed by atoms with Crippen molar-refractivity contribution in [3.05, 3.63) is 65.5 Å². The summed E-state index contributed by atoms with van der Waals surface area (Å²) < 4.78 is 5.77. The van der Waals surface area contributed by atoms with Gasteiger partial charge in [-0.2, -0.15) is 0 Å². The summed E-state index contributed by atoms with van der Waals surface area (Å²) in [6, 6.07) is 15.1. The molecule has 21 heavy (non-hydrogen) atoms. The Morgan fingerprint density at radius 2 is 1.95 bits per heavy atom. The van der Waals surface area contributed by atoms with Gasteiger partial charge in [0.15, 0.2) is 11.5 Å². The molecule has 1 fully saturated rings. The van der Waals surface area contributed by atoms with E-state index < -0.39 is 5.97 Å². The summed E-state index contributed by atoms with van der Waals surface area (Å²) in [6.45, 7) is 0. The van der Waals surface area contributed by atoms with Crippen LogP contribution in [0.5, 0.6) is 0 Å². The predicted molar refractivity (Wildman–Crippen MR) is 77.5 cm³/mol. The number of fused-ring (bicyclic) bond motifs is 1. The third-order valence-corrected chi connectivity index (χ3v) is 3.99. The zero-order valence-corrected chi connectivity index (χ0v) is 11.2. The first kappa shape index (κ1) is 12.1. The molecule has 1 aromatic heterocycles. The van der Waals surface area contributed by atoms with Crippen molar-refractivity contribution in [2.75, 3.05) is 0 Å². The Morgan fingerprint density at radius 3 is 2.71 bits per heavy atom. The fourth-order valence-corrected chi connectivity index (χ4v) is 2.77. The van der Waals surface area contributed by atoms with Gasteiger partial charge in [0.25, 0.3) is 0 Å². The van der Waals surface area contributed by atoms with Crippen LogP contribution in [0.2, 0.25) is 0 Å². The number of benzene rings is 2. The number of nitrogens with zero attached hydrogens (tertiary/aromatic N) is 1. The van der Waals surface area contributed by atoms with Crippen molar-refractivity contribution in [1.29, 1.82) is 0 Å². The number of aromatic carboxylic acids is 1. The van der Waals surface area contributed by atoms with Gasteiger partial charge >= 0.3 is 5.97 Å². The van der Waals surface area contributed by atoms with E-state index in [1.807, 2.05) is 18.2 Å². The normalized spacial score (nSPS) is 20.6. The van der Waals surface area contributed by atoms with Crippen molar-refractivity contribution in [3.63, 3.8) is 0 Å². The summed E-state index contributed by atoms with van der Waals surface area (Å²) in [5.41, 5.74) is 2.80. The molecule has 1 saturated carbocycles. The number of oxazole rings is 1. The van der Waals surface area contributed by atoms with Gasteiger partial charge < -0.3 is 9.52 Å². The Hall–Kier alpha value is -2.62. The molecule has 1 heterocycles. The fourth-order valence-electron chi connectivity index (χ4n) is 2.77. The van der Waals surface area contributed by atoms with Crippen LogP contribution >= 0.6 is 0 Å². The molecule has 104 valence electrons. The average Bonchev–Trinajstić information content (AvgIpc) is 3.19. The monoisotopic (exact) mass is 279 g/mol. The van der Waals surface area contributed by atoms with Crippen LogP contribution in [-0.2, 0) is 0 Å². The highest BCUT2D eigenvalue weighted by atomic mass is 16.4. The first-order valence-corrected chi connectivity index (χ1v) is 6.91. The molecule has 4 nitrogen and oxygen atoms in total. The SMILES string of the molecule is O=C(O)c1ccc2oc(C3CC3c3ccccc3)nc2c1. The second-order valence-corrected chi connectivity index (χ2v) is 5.40. The van der Waals surface area contributed by atoms with Crippen LogP contribution in [0.3, 0.4) is 0 Å². The molecule has 3 aromatic rings. The summed E-state index contributed by atoms with van der Waals surface area (Å²) in [5, 5.41) is 9.00. The van der Waals surface area contributed by atoms with E-state index in [-0.39, 0.29) is 5.56 Å². The lowest BCUT2D eigenvalue weighted by atomic mass is 10.1. The van der Waals surface area contributed by atoms with Crippen LogP contribution in [0, 0.1) is 0 Å². The zero-order chi connectivity index (χ0) is 14.4. The third kappa shape index (κ3) is 2.09. The van der Waals surface area contributed by atoms with Crippen LogP contribution < -0.4 is 0 Å². The van der Waals surface area contributed by atoms with Gasteiger partial charge in [0.2, 0.25) is 0 Å². The summed E-state index contributed by atoms with van der Waals surface area (Å²) in [4.78, 5) is 15.4. The van der Waals surface area contributed by atoms with Crippen molar-refractivity contribution in [2.24, 2.45) is 0 Å². The lowest BCUT2D eigenvalue weighted by Gasteiger charge is -1.96. The molecule has 1 aliphatic carbocycles. The number of carbonyl (C=O) groups is 1. The zero-order valence-electron chi connectivity index (χ0n) is 11.2. The maximum Gasteiger partial charge on any atom is 0.335 e. The van der Waals surface area contributed by atoms with Gasteiger partial charge in [-0.05, 0) is 36.1 Å². The van der Waals surface area contributed by atoms with E-state index in [0.717, 1.165) is 6.42 Å². The van der Waals surface area contributed by atoms with Gasteiger partial charge in [-0.15, -0.1) is 0 Å². The molecular weight excluding hydrogens is 266 g/mol. The number of carboxylic acids is 1. The summed E-state index contributed by atoms with van der Waals surface area (Å²) >= 11 is 0. The van der Waals surface area contributed by atoms with E-state index in [1.54, 1.807) is 18.2 Å². The van der Waals surface area contributed by atoms with Crippen molar-refractivity contribution < 1.29 is 14.3 Å². The number of carboxylic acid groups (broad SMARTS) is 1. The average molecular weight is 279 g/mol. The molecule has 2 unspecified atom stereocenters. The number of hydrogen-bond acceptors (Lipinski definition) is 3. The molecule has 0 aliphatic heterocycles. The van der Waals surface area contributed by atoms with Crippen LogP contribution in [-0.4, -0.2) is 16.1 Å². The van der Waals surface area contributed by atoms with Gasteiger partial charge in [0.05, 0.1) is 5.56 Å². The molecule has 0 radical (unpaired) electrons. The van der Waals surface area contributed by atoms with E-state index in [4.69, 9.17) is 9.52 Å². The van der Waals surface area contributed by atoms with E-state index in [2.05, 4.69) is 17.1 Å². The van der Waals surface area contributed by atoms with E-state index in [0.29, 0.717) is 28.8 Å². The van der Waals surface area contributed by atoms with E-state index in [1.165, 1.54) is 5.56 Å². The first-order chi connectivity index (χ1) is 10.2. The summed E-state index contributed by atoms with van der Waals surface area (Å²) in [7, 11) is 0. The van der Waals surface area contributed by atoms with Gasteiger partial charge in [-0.1, -0.05) is 30.3 Å². The maximum absolute atomic E-state index is 11.0. The highest BCUT2D eigenvalue weighted by Gasteiger charge is 2.43. The molecular formula is C17H13NO3. The molecule has 2 aromatic carbocycles. The maximum atomic E-state index is 11.0. The Kier molecular flexibility index (Phi) is 2.57. The second kappa shape index (κ2) is 4.45. The molecule has 1 N–H and O–H groups in total. The minimum Gasteiger partial charge on any atom is -0.478 e. The quantitative estimate of drug-likeness (QED) is 0.792. The number of aromatic nitrogens is 1. The minimum absolute atomic E-state index is 0.234. The van der Waals surface area contributed by atoms with E-state index >= 15 is 0 Å². The largest absolute Gasteiger partial charge is 0.478 e. The molecule has 1 aliphatic rings. The van der Waals surface area contributed by atoms with Gasteiger partial charge in [-0.3, -0.25) is 0 Å². The Morgan fingerprint density at radius 1 is 1.14 bits per heavy atom. The van der Waals surface area contributed by atoms with Crippen LogP contribution in [0.25, 0.3) is 11.1 Å². The minimum atomic E-state index is -0.949. The topological polar surface area (TPSA) is 63.3 Å². The molecule has 4 heteroatoms. The van der Waals surface area contributed by atoms with Crippen molar-refractivity contribution in [2.45, 2.75) is 18.3 Å². The third-order valence-electron chi connectivity index (χ3n) is 3.99. The fraction of sp³-hybridized carbons (Fsp3) is 0.176.